The van der Waals surface area contributed by atoms with Crippen molar-refractivity contribution in [1.82, 2.24) is 4.90 Å². The summed E-state index contributed by atoms with van der Waals surface area (Å²) < 4.78 is 0. The third-order valence-corrected chi connectivity index (χ3v) is 2.84. The van der Waals surface area contributed by atoms with E-state index in [9.17, 15) is 9.59 Å². The van der Waals surface area contributed by atoms with Crippen LogP contribution in [0.15, 0.2) is 24.3 Å². The molecule has 110 valence electrons. The largest absolute Gasteiger partial charge is 0.478 e. The number of carboxylic acid groups (broad SMARTS) is 1. The van der Waals surface area contributed by atoms with Crippen molar-refractivity contribution >= 4 is 11.9 Å². The number of aliphatic hydroxyl groups excluding tert-OH is 2. The Morgan fingerprint density at radius 1 is 0.900 bits per heavy atom. The molecule has 0 bridgehead atoms. The average molecular weight is 281 g/mol. The molecule has 6 nitrogen and oxygen atoms in total. The fourth-order valence-electron chi connectivity index (χ4n) is 1.78. The second-order valence-corrected chi connectivity index (χ2v) is 4.33. The lowest BCUT2D eigenvalue weighted by Gasteiger charge is -2.22. The van der Waals surface area contributed by atoms with Gasteiger partial charge in [-0.3, -0.25) is 4.79 Å². The van der Waals surface area contributed by atoms with Gasteiger partial charge in [-0.05, 0) is 37.1 Å². The van der Waals surface area contributed by atoms with E-state index in [0.29, 0.717) is 31.5 Å². The van der Waals surface area contributed by atoms with E-state index in [-0.39, 0.29) is 24.7 Å². The minimum absolute atomic E-state index is 0.0130. The number of carbonyl (C=O) groups is 2. The van der Waals surface area contributed by atoms with E-state index in [1.54, 1.807) is 4.90 Å². The maximum atomic E-state index is 12.3. The summed E-state index contributed by atoms with van der Waals surface area (Å²) >= 11 is 0. The number of amides is 1. The third kappa shape index (κ3) is 4.64. The molecule has 0 aliphatic rings. The molecule has 1 rings (SSSR count). The zero-order valence-corrected chi connectivity index (χ0v) is 11.2. The fourth-order valence-corrected chi connectivity index (χ4v) is 1.78. The van der Waals surface area contributed by atoms with Gasteiger partial charge in [-0.15, -0.1) is 0 Å². The molecule has 0 spiro atoms. The monoisotopic (exact) mass is 281 g/mol. The summed E-state index contributed by atoms with van der Waals surface area (Å²) in [7, 11) is 0. The number of benzene rings is 1. The van der Waals surface area contributed by atoms with Crippen molar-refractivity contribution in [3.05, 3.63) is 35.4 Å². The Balaban J connectivity index is 2.78. The maximum absolute atomic E-state index is 12.3. The molecule has 1 amide bonds. The lowest BCUT2D eigenvalue weighted by Crippen LogP contribution is -2.33. The predicted molar refractivity (Wildman–Crippen MR) is 72.7 cm³/mol. The first-order valence-electron chi connectivity index (χ1n) is 6.44. The molecule has 0 fully saturated rings. The quantitative estimate of drug-likeness (QED) is 0.648. The Morgan fingerprint density at radius 3 is 1.75 bits per heavy atom. The van der Waals surface area contributed by atoms with Gasteiger partial charge in [0.25, 0.3) is 5.91 Å². The molecule has 0 radical (unpaired) electrons. The van der Waals surface area contributed by atoms with E-state index in [0.717, 1.165) is 0 Å². The molecular formula is C14H19NO5. The van der Waals surface area contributed by atoms with Crippen LogP contribution in [0.3, 0.4) is 0 Å². The number of hydrogen-bond acceptors (Lipinski definition) is 4. The van der Waals surface area contributed by atoms with Gasteiger partial charge in [-0.25, -0.2) is 4.79 Å². The molecule has 6 heteroatoms. The van der Waals surface area contributed by atoms with Gasteiger partial charge >= 0.3 is 5.97 Å². The van der Waals surface area contributed by atoms with Gasteiger partial charge in [0.05, 0.1) is 5.56 Å². The Morgan fingerprint density at radius 2 is 1.35 bits per heavy atom. The van der Waals surface area contributed by atoms with Crippen molar-refractivity contribution in [2.45, 2.75) is 12.8 Å². The predicted octanol–water partition coefficient (Wildman–Crippen LogP) is 0.592. The summed E-state index contributed by atoms with van der Waals surface area (Å²) in [6.07, 6.45) is 0.925. The Labute approximate surface area is 117 Å². The SMILES string of the molecule is O=C(O)c1ccc(C(=O)N(CCCO)CCCO)cc1. The molecule has 0 heterocycles. The van der Waals surface area contributed by atoms with Gasteiger partial charge in [-0.1, -0.05) is 0 Å². The van der Waals surface area contributed by atoms with Gasteiger partial charge in [0, 0.05) is 31.9 Å². The van der Waals surface area contributed by atoms with Crippen LogP contribution in [0.5, 0.6) is 0 Å². The summed E-state index contributed by atoms with van der Waals surface area (Å²) in [4.78, 5) is 24.5. The number of carbonyl (C=O) groups excluding carboxylic acids is 1. The summed E-state index contributed by atoms with van der Waals surface area (Å²) in [6.45, 7) is 0.772. The van der Waals surface area contributed by atoms with Crippen LogP contribution in [-0.2, 0) is 0 Å². The molecule has 1 aromatic carbocycles. The van der Waals surface area contributed by atoms with Crippen LogP contribution in [0.2, 0.25) is 0 Å². The van der Waals surface area contributed by atoms with Gasteiger partial charge < -0.3 is 20.2 Å². The van der Waals surface area contributed by atoms with Gasteiger partial charge in [-0.2, -0.15) is 0 Å². The van der Waals surface area contributed by atoms with E-state index in [1.165, 1.54) is 24.3 Å². The minimum Gasteiger partial charge on any atom is -0.478 e. The highest BCUT2D eigenvalue weighted by Gasteiger charge is 2.15. The first-order chi connectivity index (χ1) is 9.60. The van der Waals surface area contributed by atoms with E-state index < -0.39 is 5.97 Å². The molecular weight excluding hydrogens is 262 g/mol. The van der Waals surface area contributed by atoms with E-state index in [4.69, 9.17) is 15.3 Å². The second-order valence-electron chi connectivity index (χ2n) is 4.33. The van der Waals surface area contributed by atoms with Gasteiger partial charge in [0.15, 0.2) is 0 Å². The van der Waals surface area contributed by atoms with Gasteiger partial charge in [0.1, 0.15) is 0 Å². The third-order valence-electron chi connectivity index (χ3n) is 2.84. The number of hydrogen-bond donors (Lipinski definition) is 3. The Hall–Kier alpha value is -1.92. The molecule has 0 atom stereocenters. The Bertz CT molecular complexity index is 435. The summed E-state index contributed by atoms with van der Waals surface area (Å²) in [5, 5.41) is 26.5. The maximum Gasteiger partial charge on any atom is 0.335 e. The fraction of sp³-hybridized carbons (Fsp3) is 0.429. The van der Waals surface area contributed by atoms with Crippen LogP contribution in [0.1, 0.15) is 33.6 Å². The van der Waals surface area contributed by atoms with Crippen LogP contribution < -0.4 is 0 Å². The summed E-state index contributed by atoms with van der Waals surface area (Å²) in [5.74, 6) is -1.27. The highest BCUT2D eigenvalue weighted by molar-refractivity contribution is 5.95. The lowest BCUT2D eigenvalue weighted by molar-refractivity contribution is 0.0692. The number of aromatic carboxylic acids is 1. The van der Waals surface area contributed by atoms with Crippen LogP contribution >= 0.6 is 0 Å². The number of aliphatic hydroxyl groups is 2. The Kier molecular flexibility index (Phi) is 6.69. The van der Waals surface area contributed by atoms with Crippen molar-refractivity contribution in [3.63, 3.8) is 0 Å². The molecule has 0 aromatic heterocycles. The zero-order chi connectivity index (χ0) is 15.0. The molecule has 3 N–H and O–H groups in total. The molecule has 1 aromatic rings. The van der Waals surface area contributed by atoms with Crippen molar-refractivity contribution < 1.29 is 24.9 Å². The van der Waals surface area contributed by atoms with Crippen molar-refractivity contribution in [3.8, 4) is 0 Å². The second kappa shape index (κ2) is 8.29. The zero-order valence-electron chi connectivity index (χ0n) is 11.2. The van der Waals surface area contributed by atoms with Crippen molar-refractivity contribution in [2.24, 2.45) is 0 Å². The van der Waals surface area contributed by atoms with Gasteiger partial charge in [0.2, 0.25) is 0 Å². The van der Waals surface area contributed by atoms with E-state index in [2.05, 4.69) is 0 Å². The molecule has 0 unspecified atom stereocenters. The summed E-state index contributed by atoms with van der Waals surface area (Å²) in [6, 6.07) is 5.70. The highest BCUT2D eigenvalue weighted by atomic mass is 16.4. The van der Waals surface area contributed by atoms with Crippen molar-refractivity contribution in [1.29, 1.82) is 0 Å². The van der Waals surface area contributed by atoms with Crippen LogP contribution in [0, 0.1) is 0 Å². The molecule has 20 heavy (non-hydrogen) atoms. The van der Waals surface area contributed by atoms with Crippen LogP contribution in [0.4, 0.5) is 0 Å². The smallest absolute Gasteiger partial charge is 0.335 e. The topological polar surface area (TPSA) is 98.1 Å². The molecule has 0 aliphatic heterocycles. The average Bonchev–Trinajstić information content (AvgIpc) is 2.47. The van der Waals surface area contributed by atoms with Crippen LogP contribution in [-0.4, -0.2) is 58.4 Å². The van der Waals surface area contributed by atoms with E-state index >= 15 is 0 Å². The van der Waals surface area contributed by atoms with Crippen molar-refractivity contribution in [2.75, 3.05) is 26.3 Å². The molecule has 0 saturated heterocycles. The number of nitrogens with zero attached hydrogens (tertiary/aromatic N) is 1. The normalized spacial score (nSPS) is 10.3. The highest BCUT2D eigenvalue weighted by Crippen LogP contribution is 2.09. The first kappa shape index (κ1) is 16.1. The standard InChI is InChI=1S/C14H19NO5/c16-9-1-7-15(8-2-10-17)13(18)11-3-5-12(6-4-11)14(19)20/h3-6,16-17H,1-2,7-10H2,(H,19,20). The van der Waals surface area contributed by atoms with E-state index in [1.807, 2.05) is 0 Å². The minimum atomic E-state index is -1.04. The number of rotatable bonds is 8. The number of carboxylic acids is 1. The first-order valence-corrected chi connectivity index (χ1v) is 6.44. The molecule has 0 saturated carbocycles. The lowest BCUT2D eigenvalue weighted by atomic mass is 10.1. The van der Waals surface area contributed by atoms with Crippen LogP contribution in [0.25, 0.3) is 0 Å². The molecule has 0 aliphatic carbocycles. The summed E-state index contributed by atoms with van der Waals surface area (Å²) in [5.41, 5.74) is 0.518.